The van der Waals surface area contributed by atoms with Gasteiger partial charge in [0.25, 0.3) is 17.5 Å². The molecule has 0 aromatic heterocycles. The van der Waals surface area contributed by atoms with Crippen LogP contribution in [-0.2, 0) is 0 Å². The Morgan fingerprint density at radius 1 is 1.00 bits per heavy atom. The number of nitrogens with zero attached hydrogens (tertiary/aromatic N) is 2. The van der Waals surface area contributed by atoms with E-state index >= 15 is 0 Å². The molecule has 6 nitrogen and oxygen atoms in total. The molecular formula is C16H12N2O4. The van der Waals surface area contributed by atoms with E-state index in [1.807, 2.05) is 30.3 Å². The fourth-order valence-electron chi connectivity index (χ4n) is 2.67. The van der Waals surface area contributed by atoms with Crippen LogP contribution in [0.25, 0.3) is 0 Å². The number of imide groups is 1. The molecule has 1 atom stereocenters. The van der Waals surface area contributed by atoms with Gasteiger partial charge in [-0.2, -0.15) is 0 Å². The molecule has 2 aromatic rings. The van der Waals surface area contributed by atoms with Gasteiger partial charge in [0, 0.05) is 6.07 Å². The SMILES string of the molecule is C[C@H](c1ccccc1)N1C(=O)c2cccc([N+](=O)[O-])c2C1=O. The molecule has 0 bridgehead atoms. The van der Waals surface area contributed by atoms with E-state index in [1.165, 1.54) is 18.2 Å². The minimum atomic E-state index is -0.638. The summed E-state index contributed by atoms with van der Waals surface area (Å²) in [4.78, 5) is 36.5. The highest BCUT2D eigenvalue weighted by atomic mass is 16.6. The van der Waals surface area contributed by atoms with Crippen LogP contribution in [-0.4, -0.2) is 21.6 Å². The van der Waals surface area contributed by atoms with Gasteiger partial charge in [0.15, 0.2) is 0 Å². The van der Waals surface area contributed by atoms with Gasteiger partial charge in [0.05, 0.1) is 16.5 Å². The Hall–Kier alpha value is -3.02. The maximum absolute atomic E-state index is 12.5. The van der Waals surface area contributed by atoms with Gasteiger partial charge in [-0.3, -0.25) is 24.6 Å². The number of rotatable bonds is 3. The zero-order valence-electron chi connectivity index (χ0n) is 11.7. The Balaban J connectivity index is 2.08. The monoisotopic (exact) mass is 296 g/mol. The Kier molecular flexibility index (Phi) is 3.21. The van der Waals surface area contributed by atoms with E-state index in [0.29, 0.717) is 0 Å². The molecule has 110 valence electrons. The van der Waals surface area contributed by atoms with E-state index in [2.05, 4.69) is 0 Å². The highest BCUT2D eigenvalue weighted by Gasteiger charge is 2.43. The third-order valence-electron chi connectivity index (χ3n) is 3.79. The van der Waals surface area contributed by atoms with Crippen LogP contribution in [0.4, 0.5) is 5.69 Å². The van der Waals surface area contributed by atoms with Crippen LogP contribution < -0.4 is 0 Å². The average Bonchev–Trinajstić information content (AvgIpc) is 2.79. The van der Waals surface area contributed by atoms with E-state index in [0.717, 1.165) is 10.5 Å². The second kappa shape index (κ2) is 5.07. The summed E-state index contributed by atoms with van der Waals surface area (Å²) in [5.41, 5.74) is 0.417. The Morgan fingerprint density at radius 2 is 1.68 bits per heavy atom. The number of benzene rings is 2. The number of nitro benzene ring substituents is 1. The molecule has 1 heterocycles. The Labute approximate surface area is 126 Å². The predicted molar refractivity (Wildman–Crippen MR) is 78.5 cm³/mol. The van der Waals surface area contributed by atoms with Crippen molar-refractivity contribution < 1.29 is 14.5 Å². The van der Waals surface area contributed by atoms with E-state index in [1.54, 1.807) is 6.92 Å². The van der Waals surface area contributed by atoms with E-state index in [9.17, 15) is 19.7 Å². The quantitative estimate of drug-likeness (QED) is 0.495. The van der Waals surface area contributed by atoms with Crippen LogP contribution in [0.3, 0.4) is 0 Å². The van der Waals surface area contributed by atoms with Gasteiger partial charge in [0.1, 0.15) is 5.56 Å². The molecule has 0 saturated carbocycles. The van der Waals surface area contributed by atoms with Crippen molar-refractivity contribution in [1.82, 2.24) is 4.90 Å². The van der Waals surface area contributed by atoms with Crippen LogP contribution in [0.2, 0.25) is 0 Å². The van der Waals surface area contributed by atoms with Crippen LogP contribution in [0.5, 0.6) is 0 Å². The summed E-state index contributed by atoms with van der Waals surface area (Å²) < 4.78 is 0. The summed E-state index contributed by atoms with van der Waals surface area (Å²) in [7, 11) is 0. The van der Waals surface area contributed by atoms with Gasteiger partial charge in [-0.1, -0.05) is 36.4 Å². The lowest BCUT2D eigenvalue weighted by Crippen LogP contribution is -2.32. The third kappa shape index (κ3) is 1.96. The molecule has 6 heteroatoms. The smallest absolute Gasteiger partial charge is 0.269 e. The normalized spacial score (nSPS) is 14.9. The maximum Gasteiger partial charge on any atom is 0.282 e. The maximum atomic E-state index is 12.5. The number of hydrogen-bond donors (Lipinski definition) is 0. The average molecular weight is 296 g/mol. The predicted octanol–water partition coefficient (Wildman–Crippen LogP) is 2.95. The summed E-state index contributed by atoms with van der Waals surface area (Å²) in [6.07, 6.45) is 0. The zero-order chi connectivity index (χ0) is 15.9. The first kappa shape index (κ1) is 13.9. The lowest BCUT2D eigenvalue weighted by molar-refractivity contribution is -0.385. The van der Waals surface area contributed by atoms with Crippen molar-refractivity contribution in [3.63, 3.8) is 0 Å². The van der Waals surface area contributed by atoms with Crippen LogP contribution in [0, 0.1) is 10.1 Å². The topological polar surface area (TPSA) is 80.5 Å². The molecule has 2 amide bonds. The summed E-state index contributed by atoms with van der Waals surface area (Å²) in [6, 6.07) is 12.7. The van der Waals surface area contributed by atoms with Crippen molar-refractivity contribution in [2.45, 2.75) is 13.0 Å². The Morgan fingerprint density at radius 3 is 2.32 bits per heavy atom. The fraction of sp³-hybridized carbons (Fsp3) is 0.125. The summed E-state index contributed by atoms with van der Waals surface area (Å²) in [6.45, 7) is 1.73. The molecule has 0 fully saturated rings. The molecule has 0 radical (unpaired) electrons. The first-order chi connectivity index (χ1) is 10.5. The van der Waals surface area contributed by atoms with Crippen molar-refractivity contribution >= 4 is 17.5 Å². The number of hydrogen-bond acceptors (Lipinski definition) is 4. The van der Waals surface area contributed by atoms with Crippen LogP contribution >= 0.6 is 0 Å². The summed E-state index contributed by atoms with van der Waals surface area (Å²) in [5.74, 6) is -1.12. The van der Waals surface area contributed by atoms with Crippen molar-refractivity contribution in [2.24, 2.45) is 0 Å². The molecule has 0 saturated heterocycles. The van der Waals surface area contributed by atoms with Gasteiger partial charge >= 0.3 is 0 Å². The second-order valence-electron chi connectivity index (χ2n) is 5.02. The van der Waals surface area contributed by atoms with Crippen molar-refractivity contribution in [1.29, 1.82) is 0 Å². The van der Waals surface area contributed by atoms with E-state index in [-0.39, 0.29) is 16.8 Å². The fourth-order valence-corrected chi connectivity index (χ4v) is 2.67. The highest BCUT2D eigenvalue weighted by Crippen LogP contribution is 2.35. The first-order valence-corrected chi connectivity index (χ1v) is 6.72. The van der Waals surface area contributed by atoms with Crippen molar-refractivity contribution in [2.75, 3.05) is 0 Å². The first-order valence-electron chi connectivity index (χ1n) is 6.72. The zero-order valence-corrected chi connectivity index (χ0v) is 11.7. The van der Waals surface area contributed by atoms with Crippen molar-refractivity contribution in [3.05, 3.63) is 75.3 Å². The lowest BCUT2D eigenvalue weighted by atomic mass is 10.1. The van der Waals surface area contributed by atoms with Gasteiger partial charge in [-0.15, -0.1) is 0 Å². The second-order valence-corrected chi connectivity index (χ2v) is 5.02. The molecule has 3 rings (SSSR count). The minimum Gasteiger partial charge on any atom is -0.269 e. The molecule has 1 aliphatic heterocycles. The van der Waals surface area contributed by atoms with E-state index in [4.69, 9.17) is 0 Å². The van der Waals surface area contributed by atoms with Crippen LogP contribution in [0.1, 0.15) is 39.2 Å². The van der Waals surface area contributed by atoms with Crippen LogP contribution in [0.15, 0.2) is 48.5 Å². The Bertz CT molecular complexity index is 786. The number of amides is 2. The molecular weight excluding hydrogens is 284 g/mol. The molecule has 0 spiro atoms. The standard InChI is InChI=1S/C16H12N2O4/c1-10(11-6-3-2-4-7-11)17-15(19)12-8-5-9-13(18(21)22)14(12)16(17)20/h2-10H,1H3/t10-/m1/s1. The van der Waals surface area contributed by atoms with Gasteiger partial charge < -0.3 is 0 Å². The molecule has 0 aliphatic carbocycles. The largest absolute Gasteiger partial charge is 0.282 e. The number of fused-ring (bicyclic) bond motifs is 1. The summed E-state index contributed by atoms with van der Waals surface area (Å²) in [5, 5.41) is 11.1. The minimum absolute atomic E-state index is 0.0852. The lowest BCUT2D eigenvalue weighted by Gasteiger charge is -2.22. The van der Waals surface area contributed by atoms with Gasteiger partial charge in [-0.05, 0) is 18.6 Å². The number of carbonyl (C=O) groups is 2. The van der Waals surface area contributed by atoms with Crippen molar-refractivity contribution in [3.8, 4) is 0 Å². The molecule has 1 aliphatic rings. The van der Waals surface area contributed by atoms with E-state index < -0.39 is 22.8 Å². The molecule has 0 unspecified atom stereocenters. The van der Waals surface area contributed by atoms with Gasteiger partial charge in [0.2, 0.25) is 0 Å². The number of nitro groups is 1. The molecule has 0 N–H and O–H groups in total. The highest BCUT2D eigenvalue weighted by molar-refractivity contribution is 6.23. The third-order valence-corrected chi connectivity index (χ3v) is 3.79. The summed E-state index contributed by atoms with van der Waals surface area (Å²) >= 11 is 0. The number of carbonyl (C=O) groups excluding carboxylic acids is 2. The molecule has 22 heavy (non-hydrogen) atoms. The van der Waals surface area contributed by atoms with Gasteiger partial charge in [-0.25, -0.2) is 0 Å². The molecule has 2 aromatic carbocycles.